The Labute approximate surface area is 178 Å². The maximum atomic E-state index is 12.8. The molecule has 0 spiro atoms. The fourth-order valence-corrected chi connectivity index (χ4v) is 6.40. The number of aryl methyl sites for hydroxylation is 1. The standard InChI is InChI=1S/C22H30N4O3S/c1-3-16-9-6-7-13-26(16)14-8-12-23-22(27)20-18-15-30(28,29)19-11-5-4-10-17(19)21(18)25(2)24-20/h4-5,10-11,16H,3,6-9,12-15H2,1-2H3,(H,23,27)/t16-/m0/s1. The smallest absolute Gasteiger partial charge is 0.272 e. The van der Waals surface area contributed by atoms with E-state index in [4.69, 9.17) is 0 Å². The van der Waals surface area contributed by atoms with Crippen molar-refractivity contribution in [3.8, 4) is 11.3 Å². The highest BCUT2D eigenvalue weighted by Crippen LogP contribution is 2.38. The van der Waals surface area contributed by atoms with E-state index < -0.39 is 9.84 Å². The summed E-state index contributed by atoms with van der Waals surface area (Å²) in [5.41, 5.74) is 2.04. The van der Waals surface area contributed by atoms with E-state index in [0.717, 1.165) is 19.5 Å². The van der Waals surface area contributed by atoms with Crippen LogP contribution in [-0.4, -0.2) is 54.7 Å². The molecule has 2 aliphatic rings. The molecule has 8 heteroatoms. The molecule has 1 atom stereocenters. The first-order chi connectivity index (χ1) is 14.4. The van der Waals surface area contributed by atoms with Crippen molar-refractivity contribution in [2.45, 2.75) is 55.7 Å². The van der Waals surface area contributed by atoms with E-state index in [1.165, 1.54) is 25.7 Å². The minimum atomic E-state index is -3.49. The summed E-state index contributed by atoms with van der Waals surface area (Å²) in [5, 5.41) is 7.33. The molecular formula is C22H30N4O3S. The lowest BCUT2D eigenvalue weighted by atomic mass is 10.00. The van der Waals surface area contributed by atoms with E-state index in [0.29, 0.717) is 34.3 Å². The largest absolute Gasteiger partial charge is 0.351 e. The minimum absolute atomic E-state index is 0.193. The van der Waals surface area contributed by atoms with Crippen LogP contribution in [0.4, 0.5) is 0 Å². The van der Waals surface area contributed by atoms with Gasteiger partial charge in [0.25, 0.3) is 5.91 Å². The van der Waals surface area contributed by atoms with Gasteiger partial charge >= 0.3 is 0 Å². The summed E-state index contributed by atoms with van der Waals surface area (Å²) < 4.78 is 27.1. The van der Waals surface area contributed by atoms with Gasteiger partial charge < -0.3 is 10.2 Å². The highest BCUT2D eigenvalue weighted by atomic mass is 32.2. The molecule has 30 heavy (non-hydrogen) atoms. The van der Waals surface area contributed by atoms with Crippen LogP contribution in [0.2, 0.25) is 0 Å². The van der Waals surface area contributed by atoms with Gasteiger partial charge in [-0.1, -0.05) is 31.5 Å². The van der Waals surface area contributed by atoms with Crippen molar-refractivity contribution >= 4 is 15.7 Å². The second-order valence-corrected chi connectivity index (χ2v) is 10.2. The molecule has 2 aliphatic heterocycles. The summed E-state index contributed by atoms with van der Waals surface area (Å²) in [6.45, 7) is 4.90. The van der Waals surface area contributed by atoms with Crippen LogP contribution in [0.15, 0.2) is 29.2 Å². The van der Waals surface area contributed by atoms with Crippen LogP contribution in [0.1, 0.15) is 55.1 Å². The number of likely N-dealkylation sites (tertiary alicyclic amines) is 1. The Hall–Kier alpha value is -2.19. The Bertz CT molecular complexity index is 1040. The maximum Gasteiger partial charge on any atom is 0.272 e. The van der Waals surface area contributed by atoms with Gasteiger partial charge in [-0.3, -0.25) is 9.48 Å². The Morgan fingerprint density at radius 1 is 1.27 bits per heavy atom. The van der Waals surface area contributed by atoms with Gasteiger partial charge in [0.15, 0.2) is 15.5 Å². The van der Waals surface area contributed by atoms with Crippen LogP contribution in [0.5, 0.6) is 0 Å². The Morgan fingerprint density at radius 3 is 2.87 bits per heavy atom. The van der Waals surface area contributed by atoms with Crippen molar-refractivity contribution in [1.29, 1.82) is 0 Å². The molecule has 0 saturated carbocycles. The van der Waals surface area contributed by atoms with Crippen molar-refractivity contribution < 1.29 is 13.2 Å². The Balaban J connectivity index is 1.45. The topological polar surface area (TPSA) is 84.3 Å². The summed E-state index contributed by atoms with van der Waals surface area (Å²) >= 11 is 0. The molecule has 1 N–H and O–H groups in total. The SMILES string of the molecule is CC[C@H]1CCCCN1CCCNC(=O)c1nn(C)c2c1CS(=O)(=O)c1ccccc1-2. The highest BCUT2D eigenvalue weighted by molar-refractivity contribution is 7.90. The van der Waals surface area contributed by atoms with Gasteiger partial charge in [0.2, 0.25) is 0 Å². The van der Waals surface area contributed by atoms with E-state index in [2.05, 4.69) is 22.2 Å². The fraction of sp³-hybridized carbons (Fsp3) is 0.545. The number of nitrogens with one attached hydrogen (secondary N) is 1. The second-order valence-electron chi connectivity index (χ2n) is 8.26. The number of carbonyl (C=O) groups is 1. The van der Waals surface area contributed by atoms with Gasteiger partial charge in [0.1, 0.15) is 0 Å². The number of nitrogens with zero attached hydrogens (tertiary/aromatic N) is 3. The first kappa shape index (κ1) is 21.1. The third kappa shape index (κ3) is 3.90. The number of rotatable bonds is 6. The van der Waals surface area contributed by atoms with Crippen LogP contribution in [0, 0.1) is 0 Å². The minimum Gasteiger partial charge on any atom is -0.351 e. The van der Waals surface area contributed by atoms with Crippen LogP contribution in [0.25, 0.3) is 11.3 Å². The van der Waals surface area contributed by atoms with Crippen molar-refractivity contribution in [1.82, 2.24) is 20.0 Å². The van der Waals surface area contributed by atoms with Crippen LogP contribution in [-0.2, 0) is 22.6 Å². The predicted octanol–water partition coefficient (Wildman–Crippen LogP) is 2.76. The van der Waals surface area contributed by atoms with Gasteiger partial charge in [-0.05, 0) is 38.3 Å². The quantitative estimate of drug-likeness (QED) is 0.713. The monoisotopic (exact) mass is 430 g/mol. The van der Waals surface area contributed by atoms with Crippen molar-refractivity contribution in [3.05, 3.63) is 35.5 Å². The molecule has 1 fully saturated rings. The molecule has 162 valence electrons. The summed E-state index contributed by atoms with van der Waals surface area (Å²) in [4.78, 5) is 15.7. The summed E-state index contributed by atoms with van der Waals surface area (Å²) in [5.74, 6) is -0.492. The number of piperidine rings is 1. The lowest BCUT2D eigenvalue weighted by molar-refractivity contribution is 0.0941. The van der Waals surface area contributed by atoms with E-state index in [-0.39, 0.29) is 17.4 Å². The third-order valence-corrected chi connectivity index (χ3v) is 7.99. The van der Waals surface area contributed by atoms with E-state index in [9.17, 15) is 13.2 Å². The van der Waals surface area contributed by atoms with Gasteiger partial charge in [0.05, 0.1) is 16.3 Å². The van der Waals surface area contributed by atoms with E-state index in [1.54, 1.807) is 36.0 Å². The van der Waals surface area contributed by atoms with Crippen LogP contribution >= 0.6 is 0 Å². The number of aromatic nitrogens is 2. The molecule has 1 aromatic carbocycles. The molecule has 1 saturated heterocycles. The number of amides is 1. The molecule has 3 heterocycles. The molecule has 0 radical (unpaired) electrons. The predicted molar refractivity (Wildman–Crippen MR) is 116 cm³/mol. The average Bonchev–Trinajstić information content (AvgIpc) is 3.07. The molecule has 2 aromatic rings. The van der Waals surface area contributed by atoms with Crippen molar-refractivity contribution in [3.63, 3.8) is 0 Å². The number of carbonyl (C=O) groups excluding carboxylic acids is 1. The maximum absolute atomic E-state index is 12.8. The summed E-state index contributed by atoms with van der Waals surface area (Å²) in [6.07, 6.45) is 5.86. The molecule has 1 amide bonds. The van der Waals surface area contributed by atoms with Gasteiger partial charge in [-0.25, -0.2) is 8.42 Å². The number of benzene rings is 1. The number of sulfone groups is 1. The molecule has 1 aromatic heterocycles. The van der Waals surface area contributed by atoms with E-state index in [1.807, 2.05) is 0 Å². The lowest BCUT2D eigenvalue weighted by Crippen LogP contribution is -2.40. The zero-order valence-corrected chi connectivity index (χ0v) is 18.5. The van der Waals surface area contributed by atoms with Gasteiger partial charge in [-0.15, -0.1) is 0 Å². The number of hydrogen-bond donors (Lipinski definition) is 1. The second kappa shape index (κ2) is 8.51. The average molecular weight is 431 g/mol. The normalized spacial score (nSPS) is 20.4. The fourth-order valence-electron chi connectivity index (χ4n) is 4.81. The number of fused-ring (bicyclic) bond motifs is 3. The highest BCUT2D eigenvalue weighted by Gasteiger charge is 2.34. The molecule has 7 nitrogen and oxygen atoms in total. The first-order valence-corrected chi connectivity index (χ1v) is 12.5. The molecule has 4 rings (SSSR count). The summed E-state index contributed by atoms with van der Waals surface area (Å²) in [7, 11) is -1.73. The molecule has 0 aliphatic carbocycles. The van der Waals surface area contributed by atoms with Gasteiger partial charge in [0, 0.05) is 37.3 Å². The molecular weight excluding hydrogens is 400 g/mol. The van der Waals surface area contributed by atoms with Crippen LogP contribution < -0.4 is 5.32 Å². The molecule has 0 unspecified atom stereocenters. The van der Waals surface area contributed by atoms with E-state index >= 15 is 0 Å². The Morgan fingerprint density at radius 2 is 2.07 bits per heavy atom. The van der Waals surface area contributed by atoms with Crippen LogP contribution in [0.3, 0.4) is 0 Å². The zero-order chi connectivity index (χ0) is 21.3. The first-order valence-electron chi connectivity index (χ1n) is 10.8. The lowest BCUT2D eigenvalue weighted by Gasteiger charge is -2.35. The van der Waals surface area contributed by atoms with Crippen molar-refractivity contribution in [2.75, 3.05) is 19.6 Å². The third-order valence-electron chi connectivity index (χ3n) is 6.30. The zero-order valence-electron chi connectivity index (χ0n) is 17.7. The van der Waals surface area contributed by atoms with Crippen molar-refractivity contribution in [2.24, 2.45) is 7.05 Å². The molecule has 0 bridgehead atoms. The Kier molecular flexibility index (Phi) is 5.97. The summed E-state index contributed by atoms with van der Waals surface area (Å²) in [6, 6.07) is 7.57. The van der Waals surface area contributed by atoms with Gasteiger partial charge in [-0.2, -0.15) is 5.10 Å². The number of hydrogen-bond acceptors (Lipinski definition) is 5.